The van der Waals surface area contributed by atoms with Crippen LogP contribution in [-0.4, -0.2) is 80.3 Å². The van der Waals surface area contributed by atoms with Gasteiger partial charge in [0.1, 0.15) is 11.4 Å². The van der Waals surface area contributed by atoms with Crippen LogP contribution in [-0.2, 0) is 28.4 Å². The van der Waals surface area contributed by atoms with Crippen LogP contribution < -0.4 is 0 Å². The molecule has 0 bridgehead atoms. The van der Waals surface area contributed by atoms with Gasteiger partial charge in [0.15, 0.2) is 0 Å². The molecular formula is C15H20N6O5S. The highest BCUT2D eigenvalue weighted by atomic mass is 32.2. The molecule has 27 heavy (non-hydrogen) atoms. The predicted octanol–water partition coefficient (Wildman–Crippen LogP) is -0.844. The van der Waals surface area contributed by atoms with Gasteiger partial charge in [-0.15, -0.1) is 0 Å². The number of carbonyl (C=O) groups excluding carboxylic acids is 1. The van der Waals surface area contributed by atoms with E-state index < -0.39 is 16.0 Å². The van der Waals surface area contributed by atoms with Crippen LogP contribution in [0.5, 0.6) is 0 Å². The lowest BCUT2D eigenvalue weighted by atomic mass is 10.2. The van der Waals surface area contributed by atoms with E-state index in [1.807, 2.05) is 0 Å². The average molecular weight is 396 g/mol. The first kappa shape index (κ1) is 19.0. The number of piperazine rings is 1. The van der Waals surface area contributed by atoms with Crippen molar-refractivity contribution in [1.29, 1.82) is 0 Å². The van der Waals surface area contributed by atoms with Crippen LogP contribution in [0.4, 0.5) is 0 Å². The highest BCUT2D eigenvalue weighted by Crippen LogP contribution is 2.21. The third kappa shape index (κ3) is 3.71. The lowest BCUT2D eigenvalue weighted by molar-refractivity contribution is -0.137. The molecule has 3 rings (SSSR count). The number of carboxylic acids is 1. The van der Waals surface area contributed by atoms with E-state index in [1.165, 1.54) is 37.2 Å². The fraction of sp³-hybridized carbons (Fsp3) is 0.467. The van der Waals surface area contributed by atoms with Crippen LogP contribution in [0.1, 0.15) is 16.1 Å². The van der Waals surface area contributed by atoms with Crippen molar-refractivity contribution in [1.82, 2.24) is 28.8 Å². The number of sulfonamides is 1. The third-order valence-electron chi connectivity index (χ3n) is 4.51. The van der Waals surface area contributed by atoms with E-state index in [-0.39, 0.29) is 49.1 Å². The number of aliphatic carboxylic acids is 1. The molecule has 1 N–H and O–H groups in total. The van der Waals surface area contributed by atoms with Gasteiger partial charge < -0.3 is 10.0 Å². The number of amides is 1. The van der Waals surface area contributed by atoms with E-state index in [1.54, 1.807) is 14.0 Å². The highest BCUT2D eigenvalue weighted by molar-refractivity contribution is 7.89. The summed E-state index contributed by atoms with van der Waals surface area (Å²) in [6, 6.07) is 0. The second-order valence-electron chi connectivity index (χ2n) is 6.23. The van der Waals surface area contributed by atoms with Crippen molar-refractivity contribution in [2.75, 3.05) is 26.2 Å². The quantitative estimate of drug-likeness (QED) is 0.697. The largest absolute Gasteiger partial charge is 0.480 e. The third-order valence-corrected chi connectivity index (χ3v) is 6.51. The van der Waals surface area contributed by atoms with Gasteiger partial charge in [-0.2, -0.15) is 14.5 Å². The number of aryl methyl sites for hydroxylation is 1. The molecule has 0 aromatic carbocycles. The molecule has 2 aromatic heterocycles. The van der Waals surface area contributed by atoms with Gasteiger partial charge in [0.2, 0.25) is 10.0 Å². The number of aromatic nitrogens is 4. The second kappa shape index (κ2) is 7.12. The standard InChI is InChI=1S/C15H20N6O5S/c1-11-13(8-16-18(11)2)27(25,26)21-5-3-19(4-6-21)15(24)12-7-17-20(9-12)10-14(22)23/h7-9H,3-6,10H2,1-2H3,(H,22,23). The zero-order chi connectivity index (χ0) is 19.8. The van der Waals surface area contributed by atoms with Crippen LogP contribution in [0.25, 0.3) is 0 Å². The van der Waals surface area contributed by atoms with Crippen LogP contribution in [0, 0.1) is 6.92 Å². The van der Waals surface area contributed by atoms with Gasteiger partial charge in [0.25, 0.3) is 5.91 Å². The molecule has 0 aliphatic carbocycles. The van der Waals surface area contributed by atoms with Gasteiger partial charge in [-0.1, -0.05) is 0 Å². The Morgan fingerprint density at radius 2 is 1.81 bits per heavy atom. The second-order valence-corrected chi connectivity index (χ2v) is 8.14. The molecule has 0 saturated carbocycles. The number of hydrogen-bond acceptors (Lipinski definition) is 6. The van der Waals surface area contributed by atoms with E-state index in [0.29, 0.717) is 5.69 Å². The molecule has 1 aliphatic heterocycles. The van der Waals surface area contributed by atoms with Crippen molar-refractivity contribution in [3.8, 4) is 0 Å². The summed E-state index contributed by atoms with van der Waals surface area (Å²) >= 11 is 0. The monoisotopic (exact) mass is 396 g/mol. The molecule has 146 valence electrons. The molecule has 11 nitrogen and oxygen atoms in total. The minimum atomic E-state index is -3.66. The van der Waals surface area contributed by atoms with Crippen molar-refractivity contribution < 1.29 is 23.1 Å². The van der Waals surface area contributed by atoms with Crippen LogP contribution >= 0.6 is 0 Å². The van der Waals surface area contributed by atoms with Crippen molar-refractivity contribution in [2.24, 2.45) is 7.05 Å². The minimum absolute atomic E-state index is 0.166. The van der Waals surface area contributed by atoms with Gasteiger partial charge in [-0.25, -0.2) is 8.42 Å². The Morgan fingerprint density at radius 3 is 2.37 bits per heavy atom. The van der Waals surface area contributed by atoms with Crippen LogP contribution in [0.3, 0.4) is 0 Å². The maximum Gasteiger partial charge on any atom is 0.325 e. The van der Waals surface area contributed by atoms with E-state index >= 15 is 0 Å². The molecule has 2 aromatic rings. The molecule has 1 saturated heterocycles. The van der Waals surface area contributed by atoms with Gasteiger partial charge >= 0.3 is 5.97 Å². The summed E-state index contributed by atoms with van der Waals surface area (Å²) in [4.78, 5) is 24.9. The van der Waals surface area contributed by atoms with E-state index in [0.717, 1.165) is 0 Å². The van der Waals surface area contributed by atoms with Gasteiger partial charge in [0.05, 0.1) is 23.7 Å². The molecular weight excluding hydrogens is 376 g/mol. The first-order chi connectivity index (χ1) is 12.7. The van der Waals surface area contributed by atoms with Gasteiger partial charge in [0, 0.05) is 39.4 Å². The first-order valence-electron chi connectivity index (χ1n) is 8.22. The lowest BCUT2D eigenvalue weighted by Gasteiger charge is -2.33. The zero-order valence-electron chi connectivity index (χ0n) is 14.9. The fourth-order valence-electron chi connectivity index (χ4n) is 2.88. The number of carbonyl (C=O) groups is 2. The first-order valence-corrected chi connectivity index (χ1v) is 9.66. The summed E-state index contributed by atoms with van der Waals surface area (Å²) in [6.07, 6.45) is 4.02. The molecule has 12 heteroatoms. The molecule has 0 atom stereocenters. The fourth-order valence-corrected chi connectivity index (χ4v) is 4.49. The molecule has 0 radical (unpaired) electrons. The number of hydrogen-bond donors (Lipinski definition) is 1. The SMILES string of the molecule is Cc1c(S(=O)(=O)N2CCN(C(=O)c3cnn(CC(=O)O)c3)CC2)cnn1C. The number of carboxylic acid groups (broad SMARTS) is 1. The molecule has 1 aliphatic rings. The Hall–Kier alpha value is -2.73. The summed E-state index contributed by atoms with van der Waals surface area (Å²) in [5, 5.41) is 16.6. The Morgan fingerprint density at radius 1 is 1.15 bits per heavy atom. The summed E-state index contributed by atoms with van der Waals surface area (Å²) in [5.74, 6) is -1.36. The molecule has 1 amide bonds. The summed E-state index contributed by atoms with van der Waals surface area (Å²) in [6.45, 7) is 2.18. The topological polar surface area (TPSA) is 131 Å². The van der Waals surface area contributed by atoms with Crippen LogP contribution in [0.2, 0.25) is 0 Å². The Kier molecular flexibility index (Phi) is 5.02. The van der Waals surface area contributed by atoms with Gasteiger partial charge in [-0.3, -0.25) is 19.0 Å². The molecule has 0 spiro atoms. The maximum atomic E-state index is 12.8. The zero-order valence-corrected chi connectivity index (χ0v) is 15.8. The molecule has 0 unspecified atom stereocenters. The highest BCUT2D eigenvalue weighted by Gasteiger charge is 2.32. The predicted molar refractivity (Wildman–Crippen MR) is 92.5 cm³/mol. The molecule has 1 fully saturated rings. The van der Waals surface area contributed by atoms with Gasteiger partial charge in [-0.05, 0) is 6.92 Å². The van der Waals surface area contributed by atoms with Crippen LogP contribution in [0.15, 0.2) is 23.5 Å². The summed E-state index contributed by atoms with van der Waals surface area (Å²) < 4.78 is 29.6. The van der Waals surface area contributed by atoms with E-state index in [4.69, 9.17) is 5.11 Å². The summed E-state index contributed by atoms with van der Waals surface area (Å²) in [7, 11) is -1.99. The smallest absolute Gasteiger partial charge is 0.325 e. The van der Waals surface area contributed by atoms with Crippen molar-refractivity contribution in [3.63, 3.8) is 0 Å². The Labute approximate surface area is 155 Å². The Balaban J connectivity index is 1.66. The number of nitrogens with zero attached hydrogens (tertiary/aromatic N) is 6. The normalized spacial score (nSPS) is 15.9. The van der Waals surface area contributed by atoms with Crippen molar-refractivity contribution >= 4 is 21.9 Å². The van der Waals surface area contributed by atoms with Crippen molar-refractivity contribution in [3.05, 3.63) is 29.8 Å². The summed E-state index contributed by atoms with van der Waals surface area (Å²) in [5.41, 5.74) is 0.829. The Bertz CT molecular complexity index is 971. The van der Waals surface area contributed by atoms with Crippen molar-refractivity contribution in [2.45, 2.75) is 18.4 Å². The van der Waals surface area contributed by atoms with E-state index in [9.17, 15) is 18.0 Å². The number of rotatable bonds is 5. The van der Waals surface area contributed by atoms with E-state index in [2.05, 4.69) is 10.2 Å². The maximum absolute atomic E-state index is 12.8. The minimum Gasteiger partial charge on any atom is -0.480 e. The molecule has 3 heterocycles. The lowest BCUT2D eigenvalue weighted by Crippen LogP contribution is -2.50. The average Bonchev–Trinajstić information content (AvgIpc) is 3.21.